The molecule has 1 aliphatic heterocycles. The summed E-state index contributed by atoms with van der Waals surface area (Å²) in [5.41, 5.74) is 4.25. The summed E-state index contributed by atoms with van der Waals surface area (Å²) in [6.45, 7) is 0.557. The van der Waals surface area contributed by atoms with Crippen LogP contribution < -0.4 is 10.1 Å². The highest BCUT2D eigenvalue weighted by Gasteiger charge is 2.39. The number of benzene rings is 4. The zero-order valence-electron chi connectivity index (χ0n) is 21.9. The number of hydrogen-bond donors (Lipinski definition) is 1. The monoisotopic (exact) mass is 540 g/mol. The van der Waals surface area contributed by atoms with Crippen molar-refractivity contribution in [1.29, 1.82) is 0 Å². The van der Waals surface area contributed by atoms with Crippen LogP contribution in [0.1, 0.15) is 34.6 Å². The van der Waals surface area contributed by atoms with Crippen molar-refractivity contribution < 1.29 is 17.9 Å². The fourth-order valence-corrected chi connectivity index (χ4v) is 6.78. The van der Waals surface area contributed by atoms with Crippen LogP contribution >= 0.6 is 0 Å². The normalized spacial score (nSPS) is 15.5. The van der Waals surface area contributed by atoms with Gasteiger partial charge in [-0.3, -0.25) is 4.79 Å². The largest absolute Gasteiger partial charge is 0.497 e. The van der Waals surface area contributed by atoms with Crippen molar-refractivity contribution in [3.63, 3.8) is 0 Å². The molecule has 0 radical (unpaired) electrons. The summed E-state index contributed by atoms with van der Waals surface area (Å²) in [6, 6.07) is 33.6. The molecule has 7 heteroatoms. The molecular weight excluding hydrogens is 508 g/mol. The van der Waals surface area contributed by atoms with E-state index in [2.05, 4.69) is 29.6 Å². The van der Waals surface area contributed by atoms with Gasteiger partial charge in [-0.05, 0) is 59.4 Å². The summed E-state index contributed by atoms with van der Waals surface area (Å²) >= 11 is 0. The number of sulfonamides is 1. The van der Waals surface area contributed by atoms with Crippen LogP contribution in [-0.2, 0) is 27.8 Å². The molecule has 39 heavy (non-hydrogen) atoms. The smallest absolute Gasteiger partial charge is 0.244 e. The molecule has 0 aromatic heterocycles. The summed E-state index contributed by atoms with van der Waals surface area (Å²) in [4.78, 5) is 13.7. The summed E-state index contributed by atoms with van der Waals surface area (Å²) in [6.07, 6.45) is 1.01. The lowest BCUT2D eigenvalue weighted by atomic mass is 9.88. The van der Waals surface area contributed by atoms with Gasteiger partial charge in [0.2, 0.25) is 15.9 Å². The zero-order valence-corrected chi connectivity index (χ0v) is 22.7. The van der Waals surface area contributed by atoms with E-state index in [1.807, 2.05) is 60.7 Å². The first-order valence-electron chi connectivity index (χ1n) is 13.1. The van der Waals surface area contributed by atoms with Crippen LogP contribution in [0.5, 0.6) is 5.75 Å². The minimum Gasteiger partial charge on any atom is -0.497 e. The number of amides is 1. The molecular formula is C32H32N2O4S. The van der Waals surface area contributed by atoms with Crippen molar-refractivity contribution in [3.8, 4) is 5.75 Å². The molecule has 0 saturated heterocycles. The van der Waals surface area contributed by atoms with E-state index < -0.39 is 16.1 Å². The van der Waals surface area contributed by atoms with E-state index >= 15 is 0 Å². The van der Waals surface area contributed by atoms with Gasteiger partial charge in [0.25, 0.3) is 0 Å². The minimum atomic E-state index is -3.93. The number of nitrogens with zero attached hydrogens (tertiary/aromatic N) is 1. The highest BCUT2D eigenvalue weighted by atomic mass is 32.2. The molecule has 0 spiro atoms. The number of fused-ring (bicyclic) bond motifs is 1. The third kappa shape index (κ3) is 5.90. The molecule has 1 amide bonds. The van der Waals surface area contributed by atoms with Gasteiger partial charge in [-0.2, -0.15) is 4.31 Å². The maximum atomic E-state index is 13.8. The number of rotatable bonds is 9. The van der Waals surface area contributed by atoms with Crippen LogP contribution in [0.3, 0.4) is 0 Å². The molecule has 4 aromatic rings. The van der Waals surface area contributed by atoms with Gasteiger partial charge >= 0.3 is 0 Å². The fourth-order valence-electron chi connectivity index (χ4n) is 5.21. The molecule has 5 rings (SSSR count). The van der Waals surface area contributed by atoms with Crippen LogP contribution in [-0.4, -0.2) is 38.3 Å². The lowest BCUT2D eigenvalue weighted by Gasteiger charge is -2.35. The van der Waals surface area contributed by atoms with Gasteiger partial charge in [-0.25, -0.2) is 8.42 Å². The SMILES string of the molecule is COc1ccc(S(=O)(=O)N2Cc3ccccc3CC2C(=O)NCCC(c2ccccc2)c2ccccc2)cc1. The number of nitrogens with one attached hydrogen (secondary N) is 1. The van der Waals surface area contributed by atoms with Crippen LogP contribution in [0.15, 0.2) is 114 Å². The van der Waals surface area contributed by atoms with Gasteiger partial charge in [0.15, 0.2) is 0 Å². The van der Waals surface area contributed by atoms with Gasteiger partial charge in [-0.15, -0.1) is 0 Å². The molecule has 0 fully saturated rings. The first-order chi connectivity index (χ1) is 19.0. The average Bonchev–Trinajstić information content (AvgIpc) is 2.99. The lowest BCUT2D eigenvalue weighted by Crippen LogP contribution is -2.52. The minimum absolute atomic E-state index is 0.110. The Labute approximate surface area is 230 Å². The lowest BCUT2D eigenvalue weighted by molar-refractivity contribution is -0.125. The topological polar surface area (TPSA) is 75.7 Å². The quantitative estimate of drug-likeness (QED) is 0.319. The van der Waals surface area contributed by atoms with E-state index in [-0.39, 0.29) is 23.3 Å². The molecule has 0 saturated carbocycles. The summed E-state index contributed by atoms with van der Waals surface area (Å²) < 4.78 is 34.1. The van der Waals surface area contributed by atoms with Crippen molar-refractivity contribution in [2.45, 2.75) is 36.2 Å². The van der Waals surface area contributed by atoms with Gasteiger partial charge in [0, 0.05) is 19.0 Å². The van der Waals surface area contributed by atoms with Crippen molar-refractivity contribution in [2.24, 2.45) is 0 Å². The van der Waals surface area contributed by atoms with Crippen molar-refractivity contribution in [1.82, 2.24) is 9.62 Å². The molecule has 200 valence electrons. The maximum absolute atomic E-state index is 13.8. The van der Waals surface area contributed by atoms with Crippen molar-refractivity contribution >= 4 is 15.9 Å². The van der Waals surface area contributed by atoms with Crippen LogP contribution in [0.25, 0.3) is 0 Å². The Hall–Kier alpha value is -3.94. The predicted octanol–water partition coefficient (Wildman–Crippen LogP) is 5.15. The molecule has 0 aliphatic carbocycles. The highest BCUT2D eigenvalue weighted by molar-refractivity contribution is 7.89. The van der Waals surface area contributed by atoms with Gasteiger partial charge in [-0.1, -0.05) is 84.9 Å². The van der Waals surface area contributed by atoms with E-state index in [0.29, 0.717) is 25.1 Å². The number of methoxy groups -OCH3 is 1. The number of ether oxygens (including phenoxy) is 1. The summed E-state index contributed by atoms with van der Waals surface area (Å²) in [5.74, 6) is 0.388. The van der Waals surface area contributed by atoms with E-state index in [1.165, 1.54) is 34.7 Å². The van der Waals surface area contributed by atoms with Gasteiger partial charge in [0.05, 0.1) is 12.0 Å². The second-order valence-electron chi connectivity index (χ2n) is 9.67. The molecule has 0 bridgehead atoms. The van der Waals surface area contributed by atoms with E-state index in [9.17, 15) is 13.2 Å². The molecule has 1 unspecified atom stereocenters. The number of hydrogen-bond acceptors (Lipinski definition) is 4. The van der Waals surface area contributed by atoms with Crippen molar-refractivity contribution in [2.75, 3.05) is 13.7 Å². The Bertz CT molecular complexity index is 1470. The van der Waals surface area contributed by atoms with Gasteiger partial charge in [0.1, 0.15) is 11.8 Å². The summed E-state index contributed by atoms with van der Waals surface area (Å²) in [5, 5.41) is 3.06. The Morgan fingerprint density at radius 1 is 0.846 bits per heavy atom. The molecule has 6 nitrogen and oxygen atoms in total. The van der Waals surface area contributed by atoms with Crippen molar-refractivity contribution in [3.05, 3.63) is 131 Å². The second-order valence-corrected chi connectivity index (χ2v) is 11.6. The molecule has 1 atom stereocenters. The van der Waals surface area contributed by atoms with Crippen LogP contribution in [0.4, 0.5) is 0 Å². The Morgan fingerprint density at radius 3 is 2.00 bits per heavy atom. The number of carbonyl (C=O) groups excluding carboxylic acids is 1. The second kappa shape index (κ2) is 11.8. The average molecular weight is 541 g/mol. The van der Waals surface area contributed by atoms with E-state index in [4.69, 9.17) is 4.74 Å². The molecule has 1 aliphatic rings. The fraction of sp³-hybridized carbons (Fsp3) is 0.219. The third-order valence-corrected chi connectivity index (χ3v) is 9.18. The number of carbonyl (C=O) groups is 1. The maximum Gasteiger partial charge on any atom is 0.244 e. The van der Waals surface area contributed by atoms with Gasteiger partial charge < -0.3 is 10.1 Å². The van der Waals surface area contributed by atoms with Crippen LogP contribution in [0.2, 0.25) is 0 Å². The Morgan fingerprint density at radius 2 is 1.41 bits per heavy atom. The standard InChI is InChI=1S/C32H32N2O4S/c1-38-28-16-18-29(19-17-28)39(36,37)34-23-27-15-9-8-14-26(27)22-31(34)32(35)33-21-20-30(24-10-4-2-5-11-24)25-12-6-3-7-13-25/h2-19,30-31H,20-23H2,1H3,(H,33,35). The first-order valence-corrected chi connectivity index (χ1v) is 14.5. The Kier molecular flexibility index (Phi) is 8.10. The predicted molar refractivity (Wildman–Crippen MR) is 152 cm³/mol. The third-order valence-electron chi connectivity index (χ3n) is 7.31. The van der Waals surface area contributed by atoms with E-state index in [0.717, 1.165) is 11.1 Å². The first kappa shape index (κ1) is 26.7. The molecule has 4 aromatic carbocycles. The highest BCUT2D eigenvalue weighted by Crippen LogP contribution is 2.31. The summed E-state index contributed by atoms with van der Waals surface area (Å²) in [7, 11) is -2.40. The Balaban J connectivity index is 1.37. The molecule has 1 N–H and O–H groups in total. The molecule has 1 heterocycles. The van der Waals surface area contributed by atoms with Crippen LogP contribution in [0, 0.1) is 0 Å². The van der Waals surface area contributed by atoms with E-state index in [1.54, 1.807) is 12.1 Å². The zero-order chi connectivity index (χ0) is 27.2.